The molecule has 1 aromatic heterocycles. The normalized spacial score (nSPS) is 18.5. The zero-order chi connectivity index (χ0) is 12.5. The third kappa shape index (κ3) is 2.40. The van der Waals surface area contributed by atoms with E-state index in [9.17, 15) is 0 Å². The molecule has 0 spiro atoms. The van der Waals surface area contributed by atoms with E-state index in [1.54, 1.807) is 0 Å². The number of hydrogen-bond acceptors (Lipinski definition) is 3. The SMILES string of the molecule is CCn1nc(C)c(N)c1NCC1(C)CCCC1. The van der Waals surface area contributed by atoms with E-state index in [1.807, 2.05) is 11.6 Å². The van der Waals surface area contributed by atoms with Gasteiger partial charge in [-0.25, -0.2) is 4.68 Å². The van der Waals surface area contributed by atoms with Crippen LogP contribution in [0.25, 0.3) is 0 Å². The van der Waals surface area contributed by atoms with E-state index in [1.165, 1.54) is 25.7 Å². The number of nitrogen functional groups attached to an aromatic ring is 1. The maximum atomic E-state index is 6.06. The fourth-order valence-electron chi connectivity index (χ4n) is 2.71. The quantitative estimate of drug-likeness (QED) is 0.845. The molecular weight excluding hydrogens is 212 g/mol. The summed E-state index contributed by atoms with van der Waals surface area (Å²) in [6.07, 6.45) is 5.36. The van der Waals surface area contributed by atoms with Crippen LogP contribution in [0.3, 0.4) is 0 Å². The Morgan fingerprint density at radius 2 is 2.06 bits per heavy atom. The fourth-order valence-corrected chi connectivity index (χ4v) is 2.71. The highest BCUT2D eigenvalue weighted by Crippen LogP contribution is 2.38. The molecule has 96 valence electrons. The maximum absolute atomic E-state index is 6.06. The monoisotopic (exact) mass is 236 g/mol. The van der Waals surface area contributed by atoms with Gasteiger partial charge in [0.05, 0.1) is 11.4 Å². The lowest BCUT2D eigenvalue weighted by atomic mass is 9.89. The predicted octanol–water partition coefficient (Wildman–Crippen LogP) is 2.79. The topological polar surface area (TPSA) is 55.9 Å². The van der Waals surface area contributed by atoms with Crippen molar-refractivity contribution in [1.82, 2.24) is 9.78 Å². The van der Waals surface area contributed by atoms with E-state index in [2.05, 4.69) is 24.3 Å². The first kappa shape index (κ1) is 12.3. The van der Waals surface area contributed by atoms with Gasteiger partial charge in [0.25, 0.3) is 0 Å². The van der Waals surface area contributed by atoms with Crippen molar-refractivity contribution >= 4 is 11.5 Å². The highest BCUT2D eigenvalue weighted by molar-refractivity contribution is 5.64. The Bertz CT molecular complexity index is 388. The molecule has 0 bridgehead atoms. The third-order valence-electron chi connectivity index (χ3n) is 3.97. The molecule has 3 N–H and O–H groups in total. The zero-order valence-corrected chi connectivity index (χ0v) is 11.2. The summed E-state index contributed by atoms with van der Waals surface area (Å²) >= 11 is 0. The van der Waals surface area contributed by atoms with Gasteiger partial charge in [0.1, 0.15) is 5.82 Å². The number of rotatable bonds is 4. The first-order chi connectivity index (χ1) is 8.06. The van der Waals surface area contributed by atoms with E-state index in [4.69, 9.17) is 5.73 Å². The van der Waals surface area contributed by atoms with Crippen LogP contribution in [-0.4, -0.2) is 16.3 Å². The van der Waals surface area contributed by atoms with Crippen molar-refractivity contribution in [3.05, 3.63) is 5.69 Å². The minimum Gasteiger partial charge on any atom is -0.394 e. The molecule has 1 heterocycles. The van der Waals surface area contributed by atoms with E-state index in [0.717, 1.165) is 30.3 Å². The van der Waals surface area contributed by atoms with Crippen molar-refractivity contribution in [3.8, 4) is 0 Å². The number of nitrogens with zero attached hydrogens (tertiary/aromatic N) is 2. The van der Waals surface area contributed by atoms with Crippen molar-refractivity contribution in [3.63, 3.8) is 0 Å². The van der Waals surface area contributed by atoms with Gasteiger partial charge in [0.2, 0.25) is 0 Å². The Morgan fingerprint density at radius 1 is 1.41 bits per heavy atom. The van der Waals surface area contributed by atoms with Gasteiger partial charge in [-0.05, 0) is 32.1 Å². The van der Waals surface area contributed by atoms with Crippen molar-refractivity contribution in [2.45, 2.75) is 53.0 Å². The average Bonchev–Trinajstić information content (AvgIpc) is 2.84. The van der Waals surface area contributed by atoms with Crippen LogP contribution < -0.4 is 11.1 Å². The molecule has 0 amide bonds. The van der Waals surface area contributed by atoms with Crippen LogP contribution >= 0.6 is 0 Å². The second-order valence-corrected chi connectivity index (χ2v) is 5.53. The van der Waals surface area contributed by atoms with Gasteiger partial charge in [0.15, 0.2) is 0 Å². The van der Waals surface area contributed by atoms with E-state index >= 15 is 0 Å². The summed E-state index contributed by atoms with van der Waals surface area (Å²) in [5.74, 6) is 0.998. The number of aromatic nitrogens is 2. The average molecular weight is 236 g/mol. The molecule has 1 aliphatic rings. The molecule has 0 saturated heterocycles. The zero-order valence-electron chi connectivity index (χ0n) is 11.2. The molecule has 17 heavy (non-hydrogen) atoms. The van der Waals surface area contributed by atoms with Gasteiger partial charge < -0.3 is 11.1 Å². The Kier molecular flexibility index (Phi) is 3.31. The summed E-state index contributed by atoms with van der Waals surface area (Å²) < 4.78 is 1.96. The number of nitrogens with one attached hydrogen (secondary N) is 1. The predicted molar refractivity (Wildman–Crippen MR) is 72.1 cm³/mol. The maximum Gasteiger partial charge on any atom is 0.148 e. The molecule has 2 rings (SSSR count). The smallest absolute Gasteiger partial charge is 0.148 e. The molecule has 0 aromatic carbocycles. The van der Waals surface area contributed by atoms with Gasteiger partial charge >= 0.3 is 0 Å². The largest absolute Gasteiger partial charge is 0.394 e. The van der Waals surface area contributed by atoms with Crippen LogP contribution in [0.2, 0.25) is 0 Å². The van der Waals surface area contributed by atoms with Crippen molar-refractivity contribution in [2.24, 2.45) is 5.41 Å². The summed E-state index contributed by atoms with van der Waals surface area (Å²) in [7, 11) is 0. The molecule has 4 nitrogen and oxygen atoms in total. The molecule has 0 unspecified atom stereocenters. The van der Waals surface area contributed by atoms with Gasteiger partial charge in [0, 0.05) is 13.1 Å². The van der Waals surface area contributed by atoms with Crippen molar-refractivity contribution in [2.75, 3.05) is 17.6 Å². The summed E-state index contributed by atoms with van der Waals surface area (Å²) in [5, 5.41) is 7.94. The van der Waals surface area contributed by atoms with Crippen LogP contribution in [0.4, 0.5) is 11.5 Å². The first-order valence-electron chi connectivity index (χ1n) is 6.62. The lowest BCUT2D eigenvalue weighted by molar-refractivity contribution is 0.361. The Hall–Kier alpha value is -1.19. The highest BCUT2D eigenvalue weighted by atomic mass is 15.3. The molecule has 0 atom stereocenters. The Labute approximate surface area is 104 Å². The van der Waals surface area contributed by atoms with Crippen molar-refractivity contribution in [1.29, 1.82) is 0 Å². The molecule has 1 saturated carbocycles. The fraction of sp³-hybridized carbons (Fsp3) is 0.769. The summed E-state index contributed by atoms with van der Waals surface area (Å²) in [6.45, 7) is 8.28. The second-order valence-electron chi connectivity index (χ2n) is 5.53. The summed E-state index contributed by atoms with van der Waals surface area (Å²) in [5.41, 5.74) is 8.22. The molecule has 1 aliphatic carbocycles. The molecule has 0 aliphatic heterocycles. The van der Waals surface area contributed by atoms with Gasteiger partial charge in [-0.1, -0.05) is 19.8 Å². The summed E-state index contributed by atoms with van der Waals surface area (Å²) in [6, 6.07) is 0. The van der Waals surface area contributed by atoms with E-state index in [-0.39, 0.29) is 0 Å². The van der Waals surface area contributed by atoms with Crippen molar-refractivity contribution < 1.29 is 0 Å². The van der Waals surface area contributed by atoms with Gasteiger partial charge in [-0.2, -0.15) is 5.10 Å². The molecule has 1 aromatic rings. The first-order valence-corrected chi connectivity index (χ1v) is 6.62. The van der Waals surface area contributed by atoms with Crippen LogP contribution in [0.15, 0.2) is 0 Å². The number of nitrogens with two attached hydrogens (primary N) is 1. The molecule has 1 fully saturated rings. The molecular formula is C13H24N4. The number of anilines is 2. The van der Waals surface area contributed by atoms with Gasteiger partial charge in [-0.3, -0.25) is 0 Å². The molecule has 0 radical (unpaired) electrons. The minimum absolute atomic E-state index is 0.434. The van der Waals surface area contributed by atoms with Crippen LogP contribution in [0, 0.1) is 12.3 Å². The highest BCUT2D eigenvalue weighted by Gasteiger charge is 2.28. The number of hydrogen-bond donors (Lipinski definition) is 2. The minimum atomic E-state index is 0.434. The Morgan fingerprint density at radius 3 is 2.65 bits per heavy atom. The van der Waals surface area contributed by atoms with Gasteiger partial charge in [-0.15, -0.1) is 0 Å². The third-order valence-corrected chi connectivity index (χ3v) is 3.97. The second kappa shape index (κ2) is 4.59. The van der Waals surface area contributed by atoms with Crippen LogP contribution in [0.5, 0.6) is 0 Å². The Balaban J connectivity index is 2.08. The van der Waals surface area contributed by atoms with Crippen LogP contribution in [-0.2, 0) is 6.54 Å². The lowest BCUT2D eigenvalue weighted by Gasteiger charge is -2.24. The van der Waals surface area contributed by atoms with Crippen LogP contribution in [0.1, 0.15) is 45.2 Å². The molecule has 4 heteroatoms. The van der Waals surface area contributed by atoms with E-state index in [0.29, 0.717) is 5.41 Å². The summed E-state index contributed by atoms with van der Waals surface area (Å²) in [4.78, 5) is 0. The van der Waals surface area contributed by atoms with E-state index < -0.39 is 0 Å². The lowest BCUT2D eigenvalue weighted by Crippen LogP contribution is -2.24. The number of aryl methyl sites for hydroxylation is 2. The standard InChI is InChI=1S/C13H24N4/c1-4-17-12(11(14)10(2)16-17)15-9-13(3)7-5-6-8-13/h15H,4-9,14H2,1-3H3.